The van der Waals surface area contributed by atoms with Gasteiger partial charge < -0.3 is 9.80 Å². The van der Waals surface area contributed by atoms with Crippen LogP contribution in [0.25, 0.3) is 0 Å². The summed E-state index contributed by atoms with van der Waals surface area (Å²) in [6.07, 6.45) is -4.71. The predicted octanol–water partition coefficient (Wildman–Crippen LogP) is 6.40. The number of amides is 1. The quantitative estimate of drug-likeness (QED) is 0.480. The minimum Gasteiger partial charge on any atom is -0.368 e. The normalized spacial score (nSPS) is 15.7. The van der Waals surface area contributed by atoms with Crippen LogP contribution in [0.3, 0.4) is 0 Å². The predicted molar refractivity (Wildman–Crippen MR) is 123 cm³/mol. The van der Waals surface area contributed by atoms with E-state index in [-0.39, 0.29) is 16.4 Å². The lowest BCUT2D eigenvalue weighted by molar-refractivity contribution is -0.137. The second-order valence-corrected chi connectivity index (χ2v) is 10.8. The van der Waals surface area contributed by atoms with Crippen molar-refractivity contribution in [3.05, 3.63) is 64.5 Å². The Morgan fingerprint density at radius 3 is 1.70 bits per heavy atom. The molecule has 33 heavy (non-hydrogen) atoms. The van der Waals surface area contributed by atoms with Crippen molar-refractivity contribution in [1.29, 1.82) is 0 Å². The first-order chi connectivity index (χ1) is 15.1. The van der Waals surface area contributed by atoms with Crippen molar-refractivity contribution in [2.45, 2.75) is 58.5 Å². The highest BCUT2D eigenvalue weighted by Gasteiger charge is 2.33. The number of nitrogens with zero attached hydrogens (tertiary/aromatic N) is 2. The SMILES string of the molecule is CC(C)(C)c1cc(N2CCN(C(=O)c3cc(F)cc(C(F)(F)F)c3)CC2)cc(C(C)(C)C)c1. The van der Waals surface area contributed by atoms with E-state index in [2.05, 4.69) is 64.6 Å². The molecule has 0 N–H and O–H groups in total. The van der Waals surface area contributed by atoms with Crippen LogP contribution in [0.1, 0.15) is 68.6 Å². The van der Waals surface area contributed by atoms with Crippen LogP contribution in [0, 0.1) is 5.82 Å². The minimum atomic E-state index is -4.71. The van der Waals surface area contributed by atoms with Crippen LogP contribution in [0.4, 0.5) is 23.2 Å². The number of piperazine rings is 1. The standard InChI is InChI=1S/C26H32F4N2O/c1-24(2,3)18-13-19(25(4,5)6)16-22(15-18)31-7-9-32(10-8-31)23(33)17-11-20(26(28,29)30)14-21(27)12-17/h11-16H,7-10H2,1-6H3. The summed E-state index contributed by atoms with van der Waals surface area (Å²) in [4.78, 5) is 16.5. The van der Waals surface area contributed by atoms with E-state index in [1.54, 1.807) is 0 Å². The Bertz CT molecular complexity index is 992. The molecule has 0 radical (unpaired) electrons. The van der Waals surface area contributed by atoms with Gasteiger partial charge in [0.1, 0.15) is 5.82 Å². The molecule has 1 aliphatic heterocycles. The zero-order valence-corrected chi connectivity index (χ0v) is 20.1. The van der Waals surface area contributed by atoms with Gasteiger partial charge in [0.05, 0.1) is 5.56 Å². The summed E-state index contributed by atoms with van der Waals surface area (Å²) >= 11 is 0. The summed E-state index contributed by atoms with van der Waals surface area (Å²) in [5.41, 5.74) is 2.04. The van der Waals surface area contributed by atoms with Gasteiger partial charge in [-0.15, -0.1) is 0 Å². The van der Waals surface area contributed by atoms with Crippen molar-refractivity contribution in [2.75, 3.05) is 31.1 Å². The number of alkyl halides is 3. The lowest BCUT2D eigenvalue weighted by Gasteiger charge is -2.37. The van der Waals surface area contributed by atoms with Gasteiger partial charge in [-0.05, 0) is 52.3 Å². The maximum atomic E-state index is 13.8. The molecule has 7 heteroatoms. The molecular formula is C26H32F4N2O. The van der Waals surface area contributed by atoms with E-state index in [1.807, 2.05) is 0 Å². The monoisotopic (exact) mass is 464 g/mol. The molecule has 180 valence electrons. The lowest BCUT2D eigenvalue weighted by atomic mass is 9.80. The van der Waals surface area contributed by atoms with Gasteiger partial charge in [-0.3, -0.25) is 4.79 Å². The number of anilines is 1. The number of hydrogen-bond donors (Lipinski definition) is 0. The van der Waals surface area contributed by atoms with Crippen LogP contribution < -0.4 is 4.90 Å². The molecule has 1 heterocycles. The smallest absolute Gasteiger partial charge is 0.368 e. The van der Waals surface area contributed by atoms with Crippen molar-refractivity contribution >= 4 is 11.6 Å². The van der Waals surface area contributed by atoms with E-state index in [0.717, 1.165) is 17.8 Å². The molecule has 3 rings (SSSR count). The average Bonchev–Trinajstić information content (AvgIpc) is 2.70. The van der Waals surface area contributed by atoms with Crippen LogP contribution in [-0.4, -0.2) is 37.0 Å². The third-order valence-electron chi connectivity index (χ3n) is 6.05. The maximum absolute atomic E-state index is 13.8. The summed E-state index contributed by atoms with van der Waals surface area (Å²) in [6.45, 7) is 14.8. The zero-order chi connectivity index (χ0) is 24.8. The summed E-state index contributed by atoms with van der Waals surface area (Å²) in [5, 5.41) is 0. The molecule has 2 aromatic rings. The molecule has 2 aromatic carbocycles. The number of hydrogen-bond acceptors (Lipinski definition) is 2. The van der Waals surface area contributed by atoms with Crippen LogP contribution in [0.15, 0.2) is 36.4 Å². The van der Waals surface area contributed by atoms with Crippen molar-refractivity contribution in [2.24, 2.45) is 0 Å². The van der Waals surface area contributed by atoms with Crippen LogP contribution in [0.5, 0.6) is 0 Å². The molecule has 0 unspecified atom stereocenters. The number of rotatable bonds is 2. The number of carbonyl (C=O) groups is 1. The van der Waals surface area contributed by atoms with E-state index in [9.17, 15) is 22.4 Å². The fraction of sp³-hybridized carbons (Fsp3) is 0.500. The molecule has 0 spiro atoms. The third kappa shape index (κ3) is 5.87. The highest BCUT2D eigenvalue weighted by atomic mass is 19.4. The molecule has 0 atom stereocenters. The molecule has 0 saturated carbocycles. The fourth-order valence-electron chi connectivity index (χ4n) is 3.89. The Morgan fingerprint density at radius 2 is 1.24 bits per heavy atom. The number of carbonyl (C=O) groups excluding carboxylic acids is 1. The lowest BCUT2D eigenvalue weighted by Crippen LogP contribution is -2.49. The topological polar surface area (TPSA) is 23.6 Å². The van der Waals surface area contributed by atoms with Crippen molar-refractivity contribution in [3.63, 3.8) is 0 Å². The third-order valence-corrected chi connectivity index (χ3v) is 6.05. The van der Waals surface area contributed by atoms with Gasteiger partial charge in [0.25, 0.3) is 5.91 Å². The van der Waals surface area contributed by atoms with Gasteiger partial charge >= 0.3 is 6.18 Å². The van der Waals surface area contributed by atoms with Crippen molar-refractivity contribution < 1.29 is 22.4 Å². The molecule has 1 amide bonds. The van der Waals surface area contributed by atoms with E-state index in [0.29, 0.717) is 32.2 Å². The summed E-state index contributed by atoms with van der Waals surface area (Å²) in [7, 11) is 0. The number of benzene rings is 2. The van der Waals surface area contributed by atoms with Crippen LogP contribution in [0.2, 0.25) is 0 Å². The summed E-state index contributed by atoms with van der Waals surface area (Å²) in [5.74, 6) is -1.65. The average molecular weight is 465 g/mol. The second-order valence-electron chi connectivity index (χ2n) is 10.8. The highest BCUT2D eigenvalue weighted by molar-refractivity contribution is 5.94. The molecule has 3 nitrogen and oxygen atoms in total. The van der Waals surface area contributed by atoms with Crippen molar-refractivity contribution in [1.82, 2.24) is 4.90 Å². The number of halogens is 4. The van der Waals surface area contributed by atoms with E-state index in [4.69, 9.17) is 0 Å². The first kappa shape index (κ1) is 25.1. The largest absolute Gasteiger partial charge is 0.416 e. The van der Waals surface area contributed by atoms with Crippen LogP contribution in [-0.2, 0) is 17.0 Å². The van der Waals surface area contributed by atoms with Crippen molar-refractivity contribution in [3.8, 4) is 0 Å². The molecule has 0 aromatic heterocycles. The van der Waals surface area contributed by atoms with E-state index in [1.165, 1.54) is 16.0 Å². The Morgan fingerprint density at radius 1 is 0.727 bits per heavy atom. The molecule has 1 fully saturated rings. The molecule has 1 aliphatic rings. The fourth-order valence-corrected chi connectivity index (χ4v) is 3.89. The first-order valence-electron chi connectivity index (χ1n) is 11.1. The highest BCUT2D eigenvalue weighted by Crippen LogP contribution is 2.34. The molecule has 1 saturated heterocycles. The van der Waals surface area contributed by atoms with Gasteiger partial charge in [-0.2, -0.15) is 13.2 Å². The molecule has 0 bridgehead atoms. The van der Waals surface area contributed by atoms with Crippen LogP contribution >= 0.6 is 0 Å². The summed E-state index contributed by atoms with van der Waals surface area (Å²) < 4.78 is 52.8. The maximum Gasteiger partial charge on any atom is 0.416 e. The van der Waals surface area contributed by atoms with E-state index >= 15 is 0 Å². The van der Waals surface area contributed by atoms with Gasteiger partial charge in [0, 0.05) is 37.4 Å². The Balaban J connectivity index is 1.80. The van der Waals surface area contributed by atoms with E-state index < -0.39 is 23.5 Å². The summed E-state index contributed by atoms with van der Waals surface area (Å²) in [6, 6.07) is 8.59. The van der Waals surface area contributed by atoms with Gasteiger partial charge in [-0.25, -0.2) is 4.39 Å². The Labute approximate surface area is 193 Å². The first-order valence-corrected chi connectivity index (χ1v) is 11.1. The zero-order valence-electron chi connectivity index (χ0n) is 20.1. The Hall–Kier alpha value is -2.57. The second kappa shape index (κ2) is 8.65. The molecular weight excluding hydrogens is 432 g/mol. The Kier molecular flexibility index (Phi) is 6.57. The molecule has 0 aliphatic carbocycles. The van der Waals surface area contributed by atoms with Gasteiger partial charge in [0.15, 0.2) is 0 Å². The van der Waals surface area contributed by atoms with Gasteiger partial charge in [0.2, 0.25) is 0 Å². The minimum absolute atomic E-state index is 0.0264. The van der Waals surface area contributed by atoms with Gasteiger partial charge in [-0.1, -0.05) is 47.6 Å².